The summed E-state index contributed by atoms with van der Waals surface area (Å²) >= 11 is 0. The van der Waals surface area contributed by atoms with Crippen molar-refractivity contribution >= 4 is 34.6 Å². The minimum absolute atomic E-state index is 0.0219. The number of benzene rings is 2. The van der Waals surface area contributed by atoms with Gasteiger partial charge in [-0.2, -0.15) is 10.2 Å². The van der Waals surface area contributed by atoms with Gasteiger partial charge in [-0.1, -0.05) is 24.3 Å². The maximum Gasteiger partial charge on any atom is 0.272 e. The molecule has 0 spiro atoms. The Hall–Kier alpha value is -4.48. The highest BCUT2D eigenvalue weighted by atomic mass is 16.6. The van der Waals surface area contributed by atoms with Crippen molar-refractivity contribution in [2.24, 2.45) is 10.2 Å². The Morgan fingerprint density at radius 1 is 0.750 bits per heavy atom. The summed E-state index contributed by atoms with van der Waals surface area (Å²) in [7, 11) is 0. The van der Waals surface area contributed by atoms with Gasteiger partial charge in [0, 0.05) is 47.2 Å². The lowest BCUT2D eigenvalue weighted by molar-refractivity contribution is -0.385. The molecule has 12 heteroatoms. The molecular formula is C24H28N6O6. The normalized spacial score (nSPS) is 11.7. The van der Waals surface area contributed by atoms with Gasteiger partial charge in [0.1, 0.15) is 0 Å². The molecule has 0 bridgehead atoms. The molecule has 190 valence electrons. The lowest BCUT2D eigenvalue weighted by Crippen LogP contribution is -2.20. The van der Waals surface area contributed by atoms with E-state index in [1.165, 1.54) is 12.1 Å². The first-order chi connectivity index (χ1) is 17.0. The van der Waals surface area contributed by atoms with Gasteiger partial charge in [0.05, 0.1) is 21.3 Å². The second kappa shape index (κ2) is 12.8. The third-order valence-electron chi connectivity index (χ3n) is 5.40. The molecule has 2 aromatic rings. The van der Waals surface area contributed by atoms with E-state index in [4.69, 9.17) is 0 Å². The van der Waals surface area contributed by atoms with E-state index in [-0.39, 0.29) is 36.0 Å². The lowest BCUT2D eigenvalue weighted by atomic mass is 10.1. The fourth-order valence-corrected chi connectivity index (χ4v) is 3.17. The number of aryl methyl sites for hydroxylation is 2. The van der Waals surface area contributed by atoms with Crippen LogP contribution in [0.3, 0.4) is 0 Å². The maximum absolute atomic E-state index is 12.0. The number of unbranched alkanes of at least 4 members (excludes halogenated alkanes) is 1. The van der Waals surface area contributed by atoms with Crippen molar-refractivity contribution in [1.82, 2.24) is 10.9 Å². The largest absolute Gasteiger partial charge is 0.273 e. The van der Waals surface area contributed by atoms with E-state index in [1.54, 1.807) is 52.0 Å². The molecule has 0 fully saturated rings. The SMILES string of the molecule is CC(=NNC(=O)CCCCC(=O)NN=C(C)c1ccc(C)c([N+](=O)[O-])c1)c1ccc(C)c([N+](=O)[O-])c1. The standard InChI is InChI=1S/C24H28N6O6/c1-15-9-11-19(13-21(15)29(33)34)17(3)25-27-23(31)7-5-6-8-24(32)28-26-18(4)20-12-10-16(2)22(14-20)30(35)36/h9-14H,5-8H2,1-4H3,(H,27,31)(H,28,32). The van der Waals surface area contributed by atoms with E-state index < -0.39 is 9.85 Å². The van der Waals surface area contributed by atoms with Gasteiger partial charge in [0.2, 0.25) is 11.8 Å². The number of amides is 2. The second-order valence-corrected chi connectivity index (χ2v) is 8.19. The van der Waals surface area contributed by atoms with Gasteiger partial charge < -0.3 is 0 Å². The zero-order chi connectivity index (χ0) is 26.8. The summed E-state index contributed by atoms with van der Waals surface area (Å²) in [5, 5.41) is 30.1. The van der Waals surface area contributed by atoms with Gasteiger partial charge in [0.25, 0.3) is 11.4 Å². The molecule has 2 aromatic carbocycles. The Morgan fingerprint density at radius 3 is 1.44 bits per heavy atom. The monoisotopic (exact) mass is 496 g/mol. The quantitative estimate of drug-likeness (QED) is 0.206. The van der Waals surface area contributed by atoms with Crippen molar-refractivity contribution in [3.05, 3.63) is 78.9 Å². The first kappa shape index (κ1) is 27.8. The van der Waals surface area contributed by atoms with E-state index in [1.807, 2.05) is 0 Å². The van der Waals surface area contributed by atoms with E-state index in [9.17, 15) is 29.8 Å². The molecule has 2 N–H and O–H groups in total. The van der Waals surface area contributed by atoms with E-state index in [0.717, 1.165) is 0 Å². The van der Waals surface area contributed by atoms with Crippen LogP contribution in [-0.4, -0.2) is 33.1 Å². The molecular weight excluding hydrogens is 468 g/mol. The molecule has 0 saturated carbocycles. The summed E-state index contributed by atoms with van der Waals surface area (Å²) in [4.78, 5) is 45.3. The third-order valence-corrected chi connectivity index (χ3v) is 5.40. The average Bonchev–Trinajstić information content (AvgIpc) is 2.83. The van der Waals surface area contributed by atoms with Gasteiger partial charge >= 0.3 is 0 Å². The molecule has 0 atom stereocenters. The number of nitrogens with one attached hydrogen (secondary N) is 2. The number of hydrazone groups is 2. The van der Waals surface area contributed by atoms with E-state index >= 15 is 0 Å². The van der Waals surface area contributed by atoms with Crippen molar-refractivity contribution in [3.8, 4) is 0 Å². The van der Waals surface area contributed by atoms with Crippen LogP contribution in [0.15, 0.2) is 46.6 Å². The topological polar surface area (TPSA) is 169 Å². The minimum atomic E-state index is -0.470. The van der Waals surface area contributed by atoms with Gasteiger partial charge in [-0.15, -0.1) is 0 Å². The van der Waals surface area contributed by atoms with E-state index in [0.29, 0.717) is 46.5 Å². The lowest BCUT2D eigenvalue weighted by Gasteiger charge is -2.05. The van der Waals surface area contributed by atoms with Crippen LogP contribution in [-0.2, 0) is 9.59 Å². The summed E-state index contributed by atoms with van der Waals surface area (Å²) in [5.74, 6) is -0.683. The fourth-order valence-electron chi connectivity index (χ4n) is 3.17. The molecule has 2 rings (SSSR count). The number of hydrogen-bond acceptors (Lipinski definition) is 8. The zero-order valence-electron chi connectivity index (χ0n) is 20.5. The molecule has 0 aromatic heterocycles. The Kier molecular flexibility index (Phi) is 9.90. The first-order valence-corrected chi connectivity index (χ1v) is 11.2. The van der Waals surface area contributed by atoms with Crippen molar-refractivity contribution in [2.45, 2.75) is 53.4 Å². The molecule has 0 aliphatic heterocycles. The Balaban J connectivity index is 1.77. The number of rotatable bonds is 11. The van der Waals surface area contributed by atoms with Crippen molar-refractivity contribution < 1.29 is 19.4 Å². The number of nitro benzene ring substituents is 2. The third kappa shape index (κ3) is 8.08. The number of nitrogens with zero attached hydrogens (tertiary/aromatic N) is 4. The molecule has 0 radical (unpaired) electrons. The average molecular weight is 497 g/mol. The number of hydrogen-bond donors (Lipinski definition) is 2. The van der Waals surface area contributed by atoms with Crippen molar-refractivity contribution in [1.29, 1.82) is 0 Å². The van der Waals surface area contributed by atoms with Crippen LogP contribution in [0.5, 0.6) is 0 Å². The molecule has 0 aliphatic carbocycles. The molecule has 0 aliphatic rings. The van der Waals surface area contributed by atoms with Crippen LogP contribution in [0.25, 0.3) is 0 Å². The molecule has 0 saturated heterocycles. The molecule has 0 heterocycles. The maximum atomic E-state index is 12.0. The fraction of sp³-hybridized carbons (Fsp3) is 0.333. The Labute approximate surface area is 207 Å². The van der Waals surface area contributed by atoms with Gasteiger partial charge in [-0.3, -0.25) is 29.8 Å². The number of carbonyl (C=O) groups is 2. The van der Waals surface area contributed by atoms with Crippen molar-refractivity contribution in [2.75, 3.05) is 0 Å². The predicted octanol–water partition coefficient (Wildman–Crippen LogP) is 4.06. The van der Waals surface area contributed by atoms with Crippen LogP contribution in [0.4, 0.5) is 11.4 Å². The van der Waals surface area contributed by atoms with Gasteiger partial charge in [-0.25, -0.2) is 10.9 Å². The zero-order valence-corrected chi connectivity index (χ0v) is 20.5. The van der Waals surface area contributed by atoms with Crippen LogP contribution in [0.1, 0.15) is 61.8 Å². The summed E-state index contributed by atoms with van der Waals surface area (Å²) in [6, 6.07) is 9.43. The highest BCUT2D eigenvalue weighted by Crippen LogP contribution is 2.20. The van der Waals surface area contributed by atoms with Crippen LogP contribution < -0.4 is 10.9 Å². The summed E-state index contributed by atoms with van der Waals surface area (Å²) in [6.45, 7) is 6.55. The summed E-state index contributed by atoms with van der Waals surface area (Å²) in [5.41, 5.74) is 7.77. The van der Waals surface area contributed by atoms with Crippen LogP contribution in [0, 0.1) is 34.1 Å². The smallest absolute Gasteiger partial charge is 0.272 e. The van der Waals surface area contributed by atoms with Crippen molar-refractivity contribution in [3.63, 3.8) is 0 Å². The molecule has 12 nitrogen and oxygen atoms in total. The summed E-state index contributed by atoms with van der Waals surface area (Å²) < 4.78 is 0. The molecule has 2 amide bonds. The predicted molar refractivity (Wildman–Crippen MR) is 135 cm³/mol. The number of carbonyl (C=O) groups excluding carboxylic acids is 2. The summed E-state index contributed by atoms with van der Waals surface area (Å²) in [6.07, 6.45) is 1.17. The van der Waals surface area contributed by atoms with Gasteiger partial charge in [0.15, 0.2) is 0 Å². The van der Waals surface area contributed by atoms with Crippen LogP contribution >= 0.6 is 0 Å². The highest BCUT2D eigenvalue weighted by molar-refractivity contribution is 6.00. The number of nitro groups is 2. The highest BCUT2D eigenvalue weighted by Gasteiger charge is 2.13. The Morgan fingerprint density at radius 2 is 1.11 bits per heavy atom. The molecule has 0 unspecified atom stereocenters. The second-order valence-electron chi connectivity index (χ2n) is 8.19. The Bertz CT molecular complexity index is 1140. The van der Waals surface area contributed by atoms with Gasteiger partial charge in [-0.05, 0) is 40.5 Å². The van der Waals surface area contributed by atoms with E-state index in [2.05, 4.69) is 21.1 Å². The molecule has 36 heavy (non-hydrogen) atoms. The first-order valence-electron chi connectivity index (χ1n) is 11.2. The minimum Gasteiger partial charge on any atom is -0.273 e. The van der Waals surface area contributed by atoms with Crippen LogP contribution in [0.2, 0.25) is 0 Å².